The molecule has 34 heavy (non-hydrogen) atoms. The van der Waals surface area contributed by atoms with E-state index in [0.717, 1.165) is 72.6 Å². The molecule has 5 rings (SSSR count). The number of nitrogens with zero attached hydrogens (tertiary/aromatic N) is 5. The van der Waals surface area contributed by atoms with Gasteiger partial charge in [0.1, 0.15) is 0 Å². The van der Waals surface area contributed by atoms with Crippen LogP contribution < -0.4 is 5.32 Å². The molecular formula is C27H30N6O. The van der Waals surface area contributed by atoms with E-state index in [0.29, 0.717) is 12.5 Å². The van der Waals surface area contributed by atoms with E-state index < -0.39 is 0 Å². The molecule has 1 fully saturated rings. The van der Waals surface area contributed by atoms with Crippen LogP contribution in [0.1, 0.15) is 46.6 Å². The average molecular weight is 455 g/mol. The van der Waals surface area contributed by atoms with Crippen molar-refractivity contribution in [2.24, 2.45) is 5.92 Å². The van der Waals surface area contributed by atoms with E-state index in [1.807, 2.05) is 58.1 Å². The van der Waals surface area contributed by atoms with Crippen LogP contribution in [0.3, 0.4) is 0 Å². The summed E-state index contributed by atoms with van der Waals surface area (Å²) in [6.45, 7) is 4.26. The molecule has 7 heteroatoms. The number of pyridine rings is 1. The number of imidazole rings is 1. The zero-order chi connectivity index (χ0) is 23.3. The maximum atomic E-state index is 13.3. The lowest BCUT2D eigenvalue weighted by molar-refractivity contribution is 0.0760. The minimum absolute atomic E-state index is 0.111. The molecule has 1 N–H and O–H groups in total. The van der Waals surface area contributed by atoms with Gasteiger partial charge in [-0.25, -0.2) is 9.50 Å². The monoisotopic (exact) mass is 454 g/mol. The summed E-state index contributed by atoms with van der Waals surface area (Å²) >= 11 is 0. The van der Waals surface area contributed by atoms with Gasteiger partial charge in [0.25, 0.3) is 5.91 Å². The van der Waals surface area contributed by atoms with Gasteiger partial charge in [0, 0.05) is 42.9 Å². The molecule has 4 aromatic rings. The van der Waals surface area contributed by atoms with Crippen LogP contribution in [0.15, 0.2) is 67.1 Å². The number of likely N-dealkylation sites (tertiary alicyclic amines) is 1. The molecule has 0 spiro atoms. The highest BCUT2D eigenvalue weighted by molar-refractivity contribution is 5.95. The second-order valence-electron chi connectivity index (χ2n) is 9.05. The van der Waals surface area contributed by atoms with E-state index in [1.54, 1.807) is 12.4 Å². The van der Waals surface area contributed by atoms with Crippen molar-refractivity contribution in [1.82, 2.24) is 24.5 Å². The molecule has 0 saturated carbocycles. The summed E-state index contributed by atoms with van der Waals surface area (Å²) in [6.07, 6.45) is 9.49. The second kappa shape index (κ2) is 10.0. The van der Waals surface area contributed by atoms with Crippen LogP contribution in [-0.2, 0) is 13.0 Å². The molecule has 7 nitrogen and oxygen atoms in total. The van der Waals surface area contributed by atoms with Gasteiger partial charge in [-0.3, -0.25) is 9.78 Å². The number of amides is 1. The normalized spacial score (nSPS) is 16.4. The number of aromatic nitrogens is 4. The molecule has 1 saturated heterocycles. The number of carbonyl (C=O) groups is 1. The predicted octanol–water partition coefficient (Wildman–Crippen LogP) is 4.53. The molecule has 174 valence electrons. The first-order valence-corrected chi connectivity index (χ1v) is 12.0. The molecule has 1 amide bonds. The first kappa shape index (κ1) is 22.1. The topological polar surface area (TPSA) is 75.4 Å². The molecule has 1 aliphatic heterocycles. The Kier molecular flexibility index (Phi) is 6.51. The Bertz CT molecular complexity index is 1270. The number of benzene rings is 1. The van der Waals surface area contributed by atoms with E-state index >= 15 is 0 Å². The molecule has 3 aromatic heterocycles. The lowest BCUT2D eigenvalue weighted by Gasteiger charge is -2.21. The fourth-order valence-corrected chi connectivity index (χ4v) is 4.65. The molecule has 0 aliphatic carbocycles. The predicted molar refractivity (Wildman–Crippen MR) is 133 cm³/mol. The van der Waals surface area contributed by atoms with E-state index in [1.165, 1.54) is 0 Å². The van der Waals surface area contributed by atoms with Crippen molar-refractivity contribution in [2.45, 2.75) is 39.2 Å². The third-order valence-corrected chi connectivity index (χ3v) is 6.61. The quantitative estimate of drug-likeness (QED) is 0.463. The summed E-state index contributed by atoms with van der Waals surface area (Å²) in [7, 11) is 0. The summed E-state index contributed by atoms with van der Waals surface area (Å²) < 4.78 is 1.83. The first-order valence-electron chi connectivity index (χ1n) is 12.0. The van der Waals surface area contributed by atoms with Crippen molar-refractivity contribution in [1.29, 1.82) is 0 Å². The molecule has 1 aromatic carbocycles. The number of hydrogen-bond donors (Lipinski definition) is 1. The van der Waals surface area contributed by atoms with Crippen molar-refractivity contribution in [3.63, 3.8) is 0 Å². The smallest absolute Gasteiger partial charge is 0.253 e. The molecule has 0 radical (unpaired) electrons. The van der Waals surface area contributed by atoms with Crippen molar-refractivity contribution in [3.05, 3.63) is 89.6 Å². The van der Waals surface area contributed by atoms with Crippen LogP contribution in [0.5, 0.6) is 0 Å². The molecule has 1 aliphatic rings. The third-order valence-electron chi connectivity index (χ3n) is 6.61. The van der Waals surface area contributed by atoms with Gasteiger partial charge >= 0.3 is 0 Å². The molecule has 1 unspecified atom stereocenters. The van der Waals surface area contributed by atoms with Crippen LogP contribution in [0, 0.1) is 12.8 Å². The number of rotatable bonds is 6. The molecule has 1 atom stereocenters. The van der Waals surface area contributed by atoms with E-state index in [2.05, 4.69) is 33.4 Å². The highest BCUT2D eigenvalue weighted by atomic mass is 16.2. The Balaban J connectivity index is 1.21. The fourth-order valence-electron chi connectivity index (χ4n) is 4.65. The summed E-state index contributed by atoms with van der Waals surface area (Å²) in [6, 6.07) is 15.9. The number of hydrogen-bond acceptors (Lipinski definition) is 5. The minimum Gasteiger partial charge on any atom is -0.379 e. The largest absolute Gasteiger partial charge is 0.379 e. The number of fused-ring (bicyclic) bond motifs is 1. The Labute approximate surface area is 199 Å². The fraction of sp³-hybridized carbons (Fsp3) is 0.333. The molecule has 4 heterocycles. The summed E-state index contributed by atoms with van der Waals surface area (Å²) in [5, 5.41) is 8.12. The van der Waals surface area contributed by atoms with Gasteiger partial charge in [-0.2, -0.15) is 5.10 Å². The average Bonchev–Trinajstić information content (AvgIpc) is 3.21. The first-order chi connectivity index (χ1) is 16.7. The SMILES string of the molecule is Cc1ccc(C(=O)N2CCCC(Cc3ccc4nccn4n3)CC2)cc1NCc1ccccn1. The summed E-state index contributed by atoms with van der Waals surface area (Å²) in [5.41, 5.74) is 5.75. The van der Waals surface area contributed by atoms with E-state index in [9.17, 15) is 4.79 Å². The molecular weight excluding hydrogens is 424 g/mol. The van der Waals surface area contributed by atoms with Gasteiger partial charge in [-0.15, -0.1) is 0 Å². The lowest BCUT2D eigenvalue weighted by atomic mass is 9.95. The van der Waals surface area contributed by atoms with Crippen LogP contribution >= 0.6 is 0 Å². The Morgan fingerprint density at radius 1 is 1.03 bits per heavy atom. The van der Waals surface area contributed by atoms with Crippen LogP contribution in [-0.4, -0.2) is 43.5 Å². The Morgan fingerprint density at radius 3 is 2.85 bits per heavy atom. The highest BCUT2D eigenvalue weighted by Gasteiger charge is 2.22. The van der Waals surface area contributed by atoms with Crippen molar-refractivity contribution >= 4 is 17.2 Å². The summed E-state index contributed by atoms with van der Waals surface area (Å²) in [4.78, 5) is 24.0. The van der Waals surface area contributed by atoms with Crippen LogP contribution in [0.4, 0.5) is 5.69 Å². The van der Waals surface area contributed by atoms with Crippen LogP contribution in [0.25, 0.3) is 5.65 Å². The van der Waals surface area contributed by atoms with Gasteiger partial charge in [-0.1, -0.05) is 12.1 Å². The standard InChI is InChI=1S/C27H30N6O/c1-20-7-8-22(18-25(20)30-19-24-6-2-3-12-28-24)27(34)32-14-4-5-21(11-15-32)17-23-9-10-26-29-13-16-33(26)31-23/h2-3,6-10,12-13,16,18,21,30H,4-5,11,14-15,17,19H2,1H3. The van der Waals surface area contributed by atoms with Gasteiger partial charge in [-0.05, 0) is 80.5 Å². The maximum absolute atomic E-state index is 13.3. The Hall–Kier alpha value is -3.74. The van der Waals surface area contributed by atoms with Crippen LogP contribution in [0.2, 0.25) is 0 Å². The number of aryl methyl sites for hydroxylation is 1. The highest BCUT2D eigenvalue weighted by Crippen LogP contribution is 2.24. The second-order valence-corrected chi connectivity index (χ2v) is 9.05. The maximum Gasteiger partial charge on any atom is 0.253 e. The third kappa shape index (κ3) is 5.09. The lowest BCUT2D eigenvalue weighted by Crippen LogP contribution is -2.32. The number of carbonyl (C=O) groups excluding carboxylic acids is 1. The summed E-state index contributed by atoms with van der Waals surface area (Å²) in [5.74, 6) is 0.638. The van der Waals surface area contributed by atoms with Crippen molar-refractivity contribution in [2.75, 3.05) is 18.4 Å². The zero-order valence-electron chi connectivity index (χ0n) is 19.5. The minimum atomic E-state index is 0.111. The van der Waals surface area contributed by atoms with Crippen molar-refractivity contribution in [3.8, 4) is 0 Å². The number of anilines is 1. The zero-order valence-corrected chi connectivity index (χ0v) is 19.5. The number of nitrogens with one attached hydrogen (secondary N) is 1. The van der Waals surface area contributed by atoms with Gasteiger partial charge in [0.05, 0.1) is 17.9 Å². The Morgan fingerprint density at radius 2 is 1.97 bits per heavy atom. The van der Waals surface area contributed by atoms with Gasteiger partial charge < -0.3 is 10.2 Å². The van der Waals surface area contributed by atoms with Gasteiger partial charge in [0.15, 0.2) is 5.65 Å². The van der Waals surface area contributed by atoms with Gasteiger partial charge in [0.2, 0.25) is 0 Å². The molecule has 0 bridgehead atoms. The van der Waals surface area contributed by atoms with E-state index in [-0.39, 0.29) is 5.91 Å². The van der Waals surface area contributed by atoms with Crippen molar-refractivity contribution < 1.29 is 4.79 Å². The van der Waals surface area contributed by atoms with E-state index in [4.69, 9.17) is 0 Å².